The minimum atomic E-state index is -0.114. The van der Waals surface area contributed by atoms with Gasteiger partial charge in [0.15, 0.2) is 0 Å². The van der Waals surface area contributed by atoms with E-state index in [4.69, 9.17) is 4.74 Å². The van der Waals surface area contributed by atoms with Gasteiger partial charge in [0.05, 0.1) is 13.2 Å². The van der Waals surface area contributed by atoms with Crippen molar-refractivity contribution in [3.8, 4) is 0 Å². The Morgan fingerprint density at radius 3 is 2.90 bits per heavy atom. The minimum absolute atomic E-state index is 0.0405. The largest absolute Gasteiger partial charge is 0.378 e. The van der Waals surface area contributed by atoms with Crippen LogP contribution in [0.5, 0.6) is 0 Å². The van der Waals surface area contributed by atoms with Crippen LogP contribution in [-0.2, 0) is 17.8 Å². The van der Waals surface area contributed by atoms with Crippen LogP contribution in [0.25, 0.3) is 0 Å². The van der Waals surface area contributed by atoms with Crippen LogP contribution in [0.4, 0.5) is 4.39 Å². The van der Waals surface area contributed by atoms with E-state index in [-0.39, 0.29) is 11.4 Å². The number of nitrogens with one attached hydrogen (secondary N) is 1. The smallest absolute Gasteiger partial charge is 0.127 e. The van der Waals surface area contributed by atoms with Crippen molar-refractivity contribution in [1.29, 1.82) is 0 Å². The lowest BCUT2D eigenvalue weighted by molar-refractivity contribution is -0.0556. The van der Waals surface area contributed by atoms with Crippen molar-refractivity contribution in [2.45, 2.75) is 45.8 Å². The van der Waals surface area contributed by atoms with E-state index in [1.165, 1.54) is 0 Å². The van der Waals surface area contributed by atoms with E-state index in [1.54, 1.807) is 6.07 Å². The fraction of sp³-hybridized carbons (Fsp3) is 0.647. The quantitative estimate of drug-likeness (QED) is 0.816. The van der Waals surface area contributed by atoms with Crippen LogP contribution in [0.1, 0.15) is 38.3 Å². The first-order chi connectivity index (χ1) is 10.0. The van der Waals surface area contributed by atoms with E-state index < -0.39 is 0 Å². The summed E-state index contributed by atoms with van der Waals surface area (Å²) in [5.74, 6) is -0.114. The number of rotatable bonds is 6. The zero-order valence-corrected chi connectivity index (χ0v) is 13.4. The van der Waals surface area contributed by atoms with Crippen LogP contribution < -0.4 is 5.32 Å². The highest BCUT2D eigenvalue weighted by molar-refractivity contribution is 5.25. The van der Waals surface area contributed by atoms with Crippen molar-refractivity contribution < 1.29 is 9.13 Å². The second-order valence-corrected chi connectivity index (χ2v) is 6.39. The predicted octanol–water partition coefficient (Wildman–Crippen LogP) is 2.94. The summed E-state index contributed by atoms with van der Waals surface area (Å²) in [6.07, 6.45) is 1.11. The van der Waals surface area contributed by atoms with Crippen LogP contribution in [-0.4, -0.2) is 36.7 Å². The molecule has 0 aliphatic carbocycles. The van der Waals surface area contributed by atoms with Crippen molar-refractivity contribution in [2.24, 2.45) is 0 Å². The third kappa shape index (κ3) is 4.50. The standard InChI is InChI=1S/C17H27FN2O/c1-4-7-19-11-14-5-6-16(18)15(10-14)12-20-8-9-21-13-17(20,2)3/h5-6,10,19H,4,7-9,11-13H2,1-3H3. The average molecular weight is 294 g/mol. The fourth-order valence-corrected chi connectivity index (χ4v) is 2.66. The lowest BCUT2D eigenvalue weighted by Gasteiger charge is -2.42. The molecule has 1 aromatic carbocycles. The molecule has 1 aliphatic rings. The number of morpholine rings is 1. The molecule has 1 fully saturated rings. The Bertz CT molecular complexity index is 462. The molecule has 1 heterocycles. The van der Waals surface area contributed by atoms with Gasteiger partial charge in [0, 0.05) is 30.7 Å². The molecule has 0 radical (unpaired) electrons. The monoisotopic (exact) mass is 294 g/mol. The first-order valence-electron chi connectivity index (χ1n) is 7.84. The molecule has 0 saturated carbocycles. The normalized spacial score (nSPS) is 18.9. The third-order valence-electron chi connectivity index (χ3n) is 4.04. The topological polar surface area (TPSA) is 24.5 Å². The van der Waals surface area contributed by atoms with Gasteiger partial charge in [-0.2, -0.15) is 0 Å². The summed E-state index contributed by atoms with van der Waals surface area (Å²) < 4.78 is 19.6. The Labute approximate surface area is 127 Å². The van der Waals surface area contributed by atoms with Crippen LogP contribution in [0.15, 0.2) is 18.2 Å². The molecule has 118 valence electrons. The highest BCUT2D eigenvalue weighted by Crippen LogP contribution is 2.23. The van der Waals surface area contributed by atoms with Gasteiger partial charge in [0.2, 0.25) is 0 Å². The Morgan fingerprint density at radius 1 is 1.38 bits per heavy atom. The molecule has 3 nitrogen and oxygen atoms in total. The molecule has 2 rings (SSSR count). The second-order valence-electron chi connectivity index (χ2n) is 6.39. The zero-order valence-electron chi connectivity index (χ0n) is 13.4. The molecular weight excluding hydrogens is 267 g/mol. The molecular formula is C17H27FN2O. The third-order valence-corrected chi connectivity index (χ3v) is 4.04. The van der Waals surface area contributed by atoms with Gasteiger partial charge in [-0.15, -0.1) is 0 Å². The fourth-order valence-electron chi connectivity index (χ4n) is 2.66. The maximum absolute atomic E-state index is 14.1. The average Bonchev–Trinajstić information content (AvgIpc) is 2.44. The Balaban J connectivity index is 2.06. The van der Waals surface area contributed by atoms with E-state index in [1.807, 2.05) is 12.1 Å². The summed E-state index contributed by atoms with van der Waals surface area (Å²) in [5, 5.41) is 3.36. The maximum atomic E-state index is 14.1. The van der Waals surface area contributed by atoms with Crippen molar-refractivity contribution >= 4 is 0 Å². The highest BCUT2D eigenvalue weighted by atomic mass is 19.1. The van der Waals surface area contributed by atoms with Crippen molar-refractivity contribution in [3.05, 3.63) is 35.1 Å². The van der Waals surface area contributed by atoms with Gasteiger partial charge >= 0.3 is 0 Å². The summed E-state index contributed by atoms with van der Waals surface area (Å²) in [4.78, 5) is 2.30. The van der Waals surface area contributed by atoms with Gasteiger partial charge in [-0.3, -0.25) is 4.90 Å². The van der Waals surface area contributed by atoms with Crippen LogP contribution in [0.2, 0.25) is 0 Å². The number of halogens is 1. The summed E-state index contributed by atoms with van der Waals surface area (Å²) in [6, 6.07) is 5.45. The number of hydrogen-bond acceptors (Lipinski definition) is 3. The first kappa shape index (κ1) is 16.4. The predicted molar refractivity (Wildman–Crippen MR) is 83.7 cm³/mol. The Kier molecular flexibility index (Phi) is 5.73. The summed E-state index contributed by atoms with van der Waals surface area (Å²) >= 11 is 0. The van der Waals surface area contributed by atoms with E-state index in [2.05, 4.69) is 31.0 Å². The molecule has 0 bridgehead atoms. The lowest BCUT2D eigenvalue weighted by atomic mass is 10.0. The maximum Gasteiger partial charge on any atom is 0.127 e. The van der Waals surface area contributed by atoms with Crippen molar-refractivity contribution in [3.63, 3.8) is 0 Å². The molecule has 0 spiro atoms. The van der Waals surface area contributed by atoms with Gasteiger partial charge in [-0.25, -0.2) is 4.39 Å². The molecule has 1 N–H and O–H groups in total. The van der Waals surface area contributed by atoms with Gasteiger partial charge in [0.1, 0.15) is 5.82 Å². The second kappa shape index (κ2) is 7.34. The highest BCUT2D eigenvalue weighted by Gasteiger charge is 2.30. The van der Waals surface area contributed by atoms with Crippen LogP contribution in [0, 0.1) is 5.82 Å². The molecule has 1 aliphatic heterocycles. The summed E-state index contributed by atoms with van der Waals surface area (Å²) in [7, 11) is 0. The van der Waals surface area contributed by atoms with E-state index in [0.29, 0.717) is 13.2 Å². The lowest BCUT2D eigenvalue weighted by Crippen LogP contribution is -2.52. The summed E-state index contributed by atoms with van der Waals surface area (Å²) in [5.41, 5.74) is 1.88. The first-order valence-corrected chi connectivity index (χ1v) is 7.84. The Morgan fingerprint density at radius 2 is 2.19 bits per heavy atom. The Hall–Kier alpha value is -0.970. The minimum Gasteiger partial charge on any atom is -0.378 e. The molecule has 1 saturated heterocycles. The number of benzene rings is 1. The van der Waals surface area contributed by atoms with E-state index in [9.17, 15) is 4.39 Å². The van der Waals surface area contributed by atoms with Gasteiger partial charge in [-0.1, -0.05) is 19.1 Å². The zero-order chi connectivity index (χ0) is 15.3. The molecule has 0 amide bonds. The molecule has 0 unspecified atom stereocenters. The number of ether oxygens (including phenoxy) is 1. The van der Waals surface area contributed by atoms with Crippen LogP contribution >= 0.6 is 0 Å². The van der Waals surface area contributed by atoms with Gasteiger partial charge in [0.25, 0.3) is 0 Å². The molecule has 4 heteroatoms. The van der Waals surface area contributed by atoms with Crippen molar-refractivity contribution in [2.75, 3.05) is 26.3 Å². The molecule has 21 heavy (non-hydrogen) atoms. The van der Waals surface area contributed by atoms with E-state index in [0.717, 1.165) is 43.8 Å². The SMILES string of the molecule is CCCNCc1ccc(F)c(CN2CCOCC2(C)C)c1. The molecule has 0 aromatic heterocycles. The molecule has 1 aromatic rings. The number of nitrogens with zero attached hydrogens (tertiary/aromatic N) is 1. The van der Waals surface area contributed by atoms with Gasteiger partial charge < -0.3 is 10.1 Å². The van der Waals surface area contributed by atoms with Gasteiger partial charge in [-0.05, 0) is 38.4 Å². The van der Waals surface area contributed by atoms with Crippen LogP contribution in [0.3, 0.4) is 0 Å². The van der Waals surface area contributed by atoms with Crippen molar-refractivity contribution in [1.82, 2.24) is 10.2 Å². The number of hydrogen-bond donors (Lipinski definition) is 1. The molecule has 0 atom stereocenters. The summed E-state index contributed by atoms with van der Waals surface area (Å²) in [6.45, 7) is 11.2. The van der Waals surface area contributed by atoms with E-state index >= 15 is 0 Å².